The Bertz CT molecular complexity index is 1060. The number of aryl methyl sites for hydroxylation is 1. The number of nitrogens with one attached hydrogen (secondary N) is 2. The van der Waals surface area contributed by atoms with E-state index in [0.717, 1.165) is 22.7 Å². The Kier molecular flexibility index (Phi) is 5.97. The molecule has 1 aromatic heterocycles. The van der Waals surface area contributed by atoms with Gasteiger partial charge in [-0.3, -0.25) is 9.59 Å². The number of thiophene rings is 1. The molecule has 2 aromatic rings. The van der Waals surface area contributed by atoms with Gasteiger partial charge < -0.3 is 15.4 Å². The molecule has 0 aliphatic heterocycles. The molecule has 3 rings (SSSR count). The van der Waals surface area contributed by atoms with Gasteiger partial charge in [0.15, 0.2) is 0 Å². The van der Waals surface area contributed by atoms with Crippen molar-refractivity contribution in [2.75, 3.05) is 31.8 Å². The van der Waals surface area contributed by atoms with Gasteiger partial charge in [-0.2, -0.15) is 0 Å². The van der Waals surface area contributed by atoms with Crippen molar-refractivity contribution >= 4 is 43.9 Å². The number of hydrogen-bond acceptors (Lipinski definition) is 6. The quantitative estimate of drug-likeness (QED) is 0.693. The molecule has 1 fully saturated rings. The Morgan fingerprint density at radius 2 is 1.86 bits per heavy atom. The number of hydrogen-bond donors (Lipinski definition) is 2. The topological polar surface area (TPSA) is 105 Å². The maximum atomic E-state index is 12.8. The molecule has 2 amide bonds. The molecule has 0 atom stereocenters. The van der Waals surface area contributed by atoms with E-state index in [1.165, 1.54) is 50.7 Å². The fraction of sp³-hybridized carbons (Fsp3) is 0.368. The largest absolute Gasteiger partial charge is 0.495 e. The second-order valence-corrected chi connectivity index (χ2v) is 10.2. The smallest absolute Gasteiger partial charge is 0.266 e. The third-order valence-electron chi connectivity index (χ3n) is 4.52. The van der Waals surface area contributed by atoms with E-state index >= 15 is 0 Å². The standard InChI is InChI=1S/C19H23N3O5S2/c1-11-9-16(21-18(23)12-5-6-12)28-17(11)19(24)20-14-10-13(7-8-15(14)27-4)29(25,26)22(2)3/h7-10,12H,5-6H2,1-4H3,(H,20,24)(H,21,23). The van der Waals surface area contributed by atoms with Gasteiger partial charge in [-0.15, -0.1) is 11.3 Å². The second kappa shape index (κ2) is 8.13. The first-order chi connectivity index (χ1) is 13.6. The second-order valence-electron chi connectivity index (χ2n) is 6.99. The molecule has 1 saturated carbocycles. The summed E-state index contributed by atoms with van der Waals surface area (Å²) >= 11 is 1.18. The summed E-state index contributed by atoms with van der Waals surface area (Å²) in [7, 11) is 0.644. The van der Waals surface area contributed by atoms with Crippen LogP contribution >= 0.6 is 11.3 Å². The number of ether oxygens (including phenoxy) is 1. The van der Waals surface area contributed by atoms with Crippen LogP contribution in [0.2, 0.25) is 0 Å². The molecule has 1 aliphatic carbocycles. The van der Waals surface area contributed by atoms with E-state index in [4.69, 9.17) is 4.74 Å². The highest BCUT2D eigenvalue weighted by molar-refractivity contribution is 7.89. The number of rotatable bonds is 7. The van der Waals surface area contributed by atoms with Crippen molar-refractivity contribution in [2.24, 2.45) is 5.92 Å². The van der Waals surface area contributed by atoms with Crippen LogP contribution in [-0.2, 0) is 14.8 Å². The number of benzene rings is 1. The summed E-state index contributed by atoms with van der Waals surface area (Å²) in [5.41, 5.74) is 0.964. The zero-order valence-corrected chi connectivity index (χ0v) is 18.2. The number of carbonyl (C=O) groups is 2. The van der Waals surface area contributed by atoms with Gasteiger partial charge in [0.1, 0.15) is 5.75 Å². The Hall–Kier alpha value is -2.43. The number of anilines is 2. The number of amides is 2. The number of carbonyl (C=O) groups excluding carboxylic acids is 2. The van der Waals surface area contributed by atoms with Crippen molar-refractivity contribution in [3.8, 4) is 5.75 Å². The van der Waals surface area contributed by atoms with E-state index in [1.807, 2.05) is 0 Å². The number of methoxy groups -OCH3 is 1. The highest BCUT2D eigenvalue weighted by atomic mass is 32.2. The Morgan fingerprint density at radius 3 is 2.45 bits per heavy atom. The van der Waals surface area contributed by atoms with Crippen molar-refractivity contribution in [3.05, 3.63) is 34.7 Å². The predicted octanol–water partition coefficient (Wildman–Crippen LogP) is 2.92. The lowest BCUT2D eigenvalue weighted by molar-refractivity contribution is -0.117. The minimum atomic E-state index is -3.66. The molecule has 2 N–H and O–H groups in total. The molecule has 0 bridgehead atoms. The van der Waals surface area contributed by atoms with Gasteiger partial charge in [-0.05, 0) is 49.6 Å². The molecule has 0 saturated heterocycles. The summed E-state index contributed by atoms with van der Waals surface area (Å²) in [5.74, 6) is -0.0218. The highest BCUT2D eigenvalue weighted by Gasteiger charge is 2.30. The summed E-state index contributed by atoms with van der Waals surface area (Å²) in [6.45, 7) is 1.78. The van der Waals surface area contributed by atoms with Crippen molar-refractivity contribution < 1.29 is 22.7 Å². The molecule has 10 heteroatoms. The molecule has 29 heavy (non-hydrogen) atoms. The minimum absolute atomic E-state index is 0.0264. The average molecular weight is 438 g/mol. The molecular weight excluding hydrogens is 414 g/mol. The van der Waals surface area contributed by atoms with Crippen LogP contribution in [0.15, 0.2) is 29.2 Å². The lowest BCUT2D eigenvalue weighted by Crippen LogP contribution is -2.22. The van der Waals surface area contributed by atoms with Crippen LogP contribution in [0.4, 0.5) is 10.7 Å². The lowest BCUT2D eigenvalue weighted by Gasteiger charge is -2.15. The van der Waals surface area contributed by atoms with Crippen molar-refractivity contribution in [1.29, 1.82) is 0 Å². The lowest BCUT2D eigenvalue weighted by atomic mass is 10.2. The summed E-state index contributed by atoms with van der Waals surface area (Å²) < 4.78 is 31.1. The van der Waals surface area contributed by atoms with Gasteiger partial charge in [0.25, 0.3) is 5.91 Å². The fourth-order valence-corrected chi connectivity index (χ4v) is 4.57. The van der Waals surface area contributed by atoms with Crippen LogP contribution in [0.1, 0.15) is 28.1 Å². The Balaban J connectivity index is 1.84. The average Bonchev–Trinajstić information content (AvgIpc) is 3.45. The molecule has 1 heterocycles. The minimum Gasteiger partial charge on any atom is -0.495 e. The molecule has 0 unspecified atom stereocenters. The third-order valence-corrected chi connectivity index (χ3v) is 7.48. The van der Waals surface area contributed by atoms with Gasteiger partial charge in [-0.1, -0.05) is 0 Å². The SMILES string of the molecule is COc1ccc(S(=O)(=O)N(C)C)cc1NC(=O)c1sc(NC(=O)C2CC2)cc1C. The van der Waals surface area contributed by atoms with E-state index in [9.17, 15) is 18.0 Å². The molecule has 156 valence electrons. The van der Waals surface area contributed by atoms with E-state index in [-0.39, 0.29) is 22.4 Å². The summed E-state index contributed by atoms with van der Waals surface area (Å²) in [5, 5.41) is 6.17. The van der Waals surface area contributed by atoms with E-state index in [2.05, 4.69) is 10.6 Å². The summed E-state index contributed by atoms with van der Waals surface area (Å²) in [6, 6.07) is 6.04. The molecule has 1 aliphatic rings. The van der Waals surface area contributed by atoms with Crippen molar-refractivity contribution in [3.63, 3.8) is 0 Å². The van der Waals surface area contributed by atoms with Crippen LogP contribution in [0, 0.1) is 12.8 Å². The van der Waals surface area contributed by atoms with Crippen LogP contribution in [0.5, 0.6) is 5.75 Å². The molecule has 8 nitrogen and oxygen atoms in total. The van der Waals surface area contributed by atoms with E-state index in [1.54, 1.807) is 13.0 Å². The zero-order chi connectivity index (χ0) is 21.3. The molecule has 0 spiro atoms. The zero-order valence-electron chi connectivity index (χ0n) is 16.6. The first kappa shape index (κ1) is 21.3. The van der Waals surface area contributed by atoms with Gasteiger partial charge in [-0.25, -0.2) is 12.7 Å². The predicted molar refractivity (Wildman–Crippen MR) is 112 cm³/mol. The fourth-order valence-electron chi connectivity index (χ4n) is 2.67. The van der Waals surface area contributed by atoms with Crippen molar-refractivity contribution in [2.45, 2.75) is 24.7 Å². The Labute approximate surface area is 173 Å². The van der Waals surface area contributed by atoms with E-state index < -0.39 is 15.9 Å². The maximum absolute atomic E-state index is 12.8. The van der Waals surface area contributed by atoms with Crippen LogP contribution in [0.25, 0.3) is 0 Å². The van der Waals surface area contributed by atoms with Crippen LogP contribution < -0.4 is 15.4 Å². The van der Waals surface area contributed by atoms with Crippen LogP contribution in [-0.4, -0.2) is 45.7 Å². The first-order valence-corrected chi connectivity index (χ1v) is 11.2. The van der Waals surface area contributed by atoms with E-state index in [0.29, 0.717) is 15.6 Å². The maximum Gasteiger partial charge on any atom is 0.266 e. The monoisotopic (exact) mass is 437 g/mol. The van der Waals surface area contributed by atoms with Gasteiger partial charge in [0, 0.05) is 20.0 Å². The molecule has 0 radical (unpaired) electrons. The number of nitrogens with zero attached hydrogens (tertiary/aromatic N) is 1. The van der Waals surface area contributed by atoms with Gasteiger partial charge in [0.05, 0.1) is 27.6 Å². The van der Waals surface area contributed by atoms with Gasteiger partial charge in [0.2, 0.25) is 15.9 Å². The molecular formula is C19H23N3O5S2. The van der Waals surface area contributed by atoms with Crippen LogP contribution in [0.3, 0.4) is 0 Å². The first-order valence-electron chi connectivity index (χ1n) is 8.96. The summed E-state index contributed by atoms with van der Waals surface area (Å²) in [6.07, 6.45) is 1.80. The molecule has 1 aromatic carbocycles. The third kappa shape index (κ3) is 4.60. The Morgan fingerprint density at radius 1 is 1.17 bits per heavy atom. The van der Waals surface area contributed by atoms with Gasteiger partial charge >= 0.3 is 0 Å². The summed E-state index contributed by atoms with van der Waals surface area (Å²) in [4.78, 5) is 25.2. The van der Waals surface area contributed by atoms with Crippen molar-refractivity contribution in [1.82, 2.24) is 4.31 Å². The normalized spacial score (nSPS) is 14.0. The highest BCUT2D eigenvalue weighted by Crippen LogP contribution is 2.34. The number of sulfonamides is 1.